The van der Waals surface area contributed by atoms with Gasteiger partial charge in [0.15, 0.2) is 0 Å². The molecule has 0 aliphatic rings. The Morgan fingerprint density at radius 3 is 2.75 bits per heavy atom. The summed E-state index contributed by atoms with van der Waals surface area (Å²) in [6, 6.07) is 8.30. The van der Waals surface area contributed by atoms with Gasteiger partial charge in [-0.25, -0.2) is 0 Å². The minimum Gasteiger partial charge on any atom is -0.123 e. The van der Waals surface area contributed by atoms with Crippen molar-refractivity contribution in [2.24, 2.45) is 0 Å². The summed E-state index contributed by atoms with van der Waals surface area (Å²) in [5.41, 5.74) is 2.58. The molecule has 1 aromatic rings. The summed E-state index contributed by atoms with van der Waals surface area (Å²) in [6.45, 7) is 3.72. The van der Waals surface area contributed by atoms with Crippen LogP contribution in [0.3, 0.4) is 0 Å². The maximum absolute atomic E-state index is 6.07. The molecular weight excluding hydrogens is 184 g/mol. The second-order valence-corrected chi connectivity index (χ2v) is 5.35. The fourth-order valence-electron chi connectivity index (χ4n) is 1.26. The van der Waals surface area contributed by atoms with Crippen LogP contribution in [0.4, 0.5) is 0 Å². The van der Waals surface area contributed by atoms with Crippen molar-refractivity contribution in [2.45, 2.75) is 11.4 Å². The third kappa shape index (κ3) is 2.22. The summed E-state index contributed by atoms with van der Waals surface area (Å²) in [4.78, 5) is 0. The van der Waals surface area contributed by atoms with Crippen LogP contribution < -0.4 is 0 Å². The Balaban J connectivity index is 2.99. The quantitative estimate of drug-likeness (QED) is 0.394. The normalized spacial score (nSPS) is 12.8. The van der Waals surface area contributed by atoms with Crippen LogP contribution in [-0.4, -0.2) is 10.2 Å². The highest BCUT2D eigenvalue weighted by atomic mass is 35.5. The van der Waals surface area contributed by atoms with Gasteiger partial charge >= 0.3 is 0 Å². The Labute approximate surface area is 81.7 Å². The molecule has 0 aliphatic carbocycles. The van der Waals surface area contributed by atoms with Crippen LogP contribution in [0.1, 0.15) is 16.1 Å². The SMILES string of the molecule is C=CCc1ccccc1C([SiH3])Cl. The van der Waals surface area contributed by atoms with Crippen LogP contribution in [0, 0.1) is 0 Å². The molecule has 0 fully saturated rings. The molecule has 0 aromatic heterocycles. The second-order valence-electron chi connectivity index (χ2n) is 2.81. The Kier molecular flexibility index (Phi) is 3.57. The highest BCUT2D eigenvalue weighted by Crippen LogP contribution is 2.21. The first-order valence-corrected chi connectivity index (χ1v) is 5.67. The van der Waals surface area contributed by atoms with Gasteiger partial charge in [-0.1, -0.05) is 30.3 Å². The largest absolute Gasteiger partial charge is 0.123 e. The van der Waals surface area contributed by atoms with Gasteiger partial charge in [0.05, 0.1) is 0 Å². The van der Waals surface area contributed by atoms with E-state index in [1.54, 1.807) is 0 Å². The molecule has 0 amide bonds. The topological polar surface area (TPSA) is 0 Å². The van der Waals surface area contributed by atoms with Gasteiger partial charge in [-0.2, -0.15) is 0 Å². The Morgan fingerprint density at radius 1 is 1.50 bits per heavy atom. The third-order valence-electron chi connectivity index (χ3n) is 1.85. The molecule has 0 aliphatic heterocycles. The monoisotopic (exact) mass is 196 g/mol. The summed E-state index contributed by atoms with van der Waals surface area (Å²) in [5.74, 6) is 0. The van der Waals surface area contributed by atoms with Gasteiger partial charge in [0, 0.05) is 15.2 Å². The smallest absolute Gasteiger partial charge is 0.0410 e. The zero-order valence-corrected chi connectivity index (χ0v) is 10.0. The molecule has 1 unspecified atom stereocenters. The molecular formula is C10H13ClSi. The average Bonchev–Trinajstić information content (AvgIpc) is 2.05. The lowest BCUT2D eigenvalue weighted by molar-refractivity contribution is 1.18. The van der Waals surface area contributed by atoms with E-state index in [2.05, 4.69) is 18.7 Å². The van der Waals surface area contributed by atoms with E-state index < -0.39 is 0 Å². The molecule has 0 saturated heterocycles. The Morgan fingerprint density at radius 2 is 2.17 bits per heavy atom. The van der Waals surface area contributed by atoms with Gasteiger partial charge < -0.3 is 0 Å². The van der Waals surface area contributed by atoms with Crippen molar-refractivity contribution in [3.05, 3.63) is 48.0 Å². The predicted octanol–water partition coefficient (Wildman–Crippen LogP) is 2.02. The molecule has 0 nitrogen and oxygen atoms in total. The first-order valence-electron chi connectivity index (χ1n) is 4.08. The zero-order valence-electron chi connectivity index (χ0n) is 7.26. The maximum Gasteiger partial charge on any atom is 0.0410 e. The van der Waals surface area contributed by atoms with Gasteiger partial charge in [0.1, 0.15) is 0 Å². The molecule has 0 spiro atoms. The average molecular weight is 197 g/mol. The van der Waals surface area contributed by atoms with Gasteiger partial charge in [-0.15, -0.1) is 18.2 Å². The summed E-state index contributed by atoms with van der Waals surface area (Å²) in [5, 5.41) is 0.223. The number of alkyl halides is 1. The van der Waals surface area contributed by atoms with E-state index in [1.165, 1.54) is 11.1 Å². The number of halogens is 1. The first-order chi connectivity index (χ1) is 5.75. The van der Waals surface area contributed by atoms with Gasteiger partial charge in [-0.05, 0) is 17.5 Å². The molecule has 12 heavy (non-hydrogen) atoms. The molecule has 0 saturated carbocycles. The zero-order chi connectivity index (χ0) is 8.97. The van der Waals surface area contributed by atoms with Crippen molar-refractivity contribution in [2.75, 3.05) is 0 Å². The standard InChI is InChI=1S/C10H13ClSi/c1-2-5-8-6-3-4-7-9(8)10(11)12/h2-4,6-7,10H,1,5H2,12H3. The van der Waals surface area contributed by atoms with Gasteiger partial charge in [0.25, 0.3) is 0 Å². The van der Waals surface area contributed by atoms with E-state index >= 15 is 0 Å². The molecule has 0 radical (unpaired) electrons. The van der Waals surface area contributed by atoms with Crippen LogP contribution >= 0.6 is 11.6 Å². The second kappa shape index (κ2) is 4.48. The lowest BCUT2D eigenvalue weighted by Gasteiger charge is -2.08. The van der Waals surface area contributed by atoms with Crippen LogP contribution in [0.15, 0.2) is 36.9 Å². The fraction of sp³-hybridized carbons (Fsp3) is 0.200. The summed E-state index contributed by atoms with van der Waals surface area (Å²) < 4.78 is 0. The van der Waals surface area contributed by atoms with E-state index in [9.17, 15) is 0 Å². The summed E-state index contributed by atoms with van der Waals surface area (Å²) in [7, 11) is 0.993. The van der Waals surface area contributed by atoms with Crippen LogP contribution in [-0.2, 0) is 6.42 Å². The van der Waals surface area contributed by atoms with Crippen LogP contribution in [0.5, 0.6) is 0 Å². The molecule has 0 bridgehead atoms. The molecule has 1 atom stereocenters. The van der Waals surface area contributed by atoms with Gasteiger partial charge in [0.2, 0.25) is 0 Å². The van der Waals surface area contributed by atoms with E-state index in [1.807, 2.05) is 18.2 Å². The number of hydrogen-bond acceptors (Lipinski definition) is 0. The van der Waals surface area contributed by atoms with E-state index in [0.717, 1.165) is 16.7 Å². The lowest BCUT2D eigenvalue weighted by atomic mass is 10.1. The van der Waals surface area contributed by atoms with Crippen molar-refractivity contribution >= 4 is 21.8 Å². The predicted molar refractivity (Wildman–Crippen MR) is 58.9 cm³/mol. The molecule has 0 heterocycles. The van der Waals surface area contributed by atoms with Crippen LogP contribution in [0.2, 0.25) is 0 Å². The molecule has 1 rings (SSSR count). The molecule has 0 N–H and O–H groups in total. The van der Waals surface area contributed by atoms with E-state index in [4.69, 9.17) is 11.6 Å². The summed E-state index contributed by atoms with van der Waals surface area (Å²) in [6.07, 6.45) is 2.83. The highest BCUT2D eigenvalue weighted by molar-refractivity contribution is 6.40. The minimum atomic E-state index is 0.223. The Hall–Kier alpha value is -0.533. The Bertz CT molecular complexity index is 268. The van der Waals surface area contributed by atoms with Crippen LogP contribution in [0.25, 0.3) is 0 Å². The first kappa shape index (κ1) is 9.55. The van der Waals surface area contributed by atoms with E-state index in [0.29, 0.717) is 0 Å². The lowest BCUT2D eigenvalue weighted by Crippen LogP contribution is -1.95. The number of rotatable bonds is 3. The molecule has 2 heteroatoms. The molecule has 64 valence electrons. The van der Waals surface area contributed by atoms with Crippen molar-refractivity contribution in [1.29, 1.82) is 0 Å². The summed E-state index contributed by atoms with van der Waals surface area (Å²) >= 11 is 6.07. The maximum atomic E-state index is 6.07. The van der Waals surface area contributed by atoms with Gasteiger partial charge in [-0.3, -0.25) is 0 Å². The third-order valence-corrected chi connectivity index (χ3v) is 2.71. The van der Waals surface area contributed by atoms with E-state index in [-0.39, 0.29) is 5.00 Å². The number of hydrogen-bond donors (Lipinski definition) is 0. The van der Waals surface area contributed by atoms with Crippen molar-refractivity contribution < 1.29 is 0 Å². The van der Waals surface area contributed by atoms with Crippen molar-refractivity contribution in [3.8, 4) is 0 Å². The van der Waals surface area contributed by atoms with Crippen molar-refractivity contribution in [3.63, 3.8) is 0 Å². The number of allylic oxidation sites excluding steroid dienone is 1. The number of benzene rings is 1. The molecule has 1 aromatic carbocycles. The highest BCUT2D eigenvalue weighted by Gasteiger charge is 2.04. The van der Waals surface area contributed by atoms with Crippen molar-refractivity contribution in [1.82, 2.24) is 0 Å². The fourth-order valence-corrected chi connectivity index (χ4v) is 2.04. The minimum absolute atomic E-state index is 0.223.